The van der Waals surface area contributed by atoms with Gasteiger partial charge in [-0.05, 0) is 41.5 Å². The quantitative estimate of drug-likeness (QED) is 0.641. The summed E-state index contributed by atoms with van der Waals surface area (Å²) in [6.45, 7) is 19.7. The van der Waals surface area contributed by atoms with E-state index < -0.39 is 10.8 Å². The molecule has 1 aliphatic heterocycles. The van der Waals surface area contributed by atoms with Gasteiger partial charge in [-0.25, -0.2) is 0 Å². The van der Waals surface area contributed by atoms with Gasteiger partial charge >= 0.3 is 0 Å². The van der Waals surface area contributed by atoms with E-state index in [-0.39, 0.29) is 15.7 Å². The van der Waals surface area contributed by atoms with Crippen LogP contribution in [0.5, 0.6) is 0 Å². The summed E-state index contributed by atoms with van der Waals surface area (Å²) in [5.74, 6) is 1.57. The van der Waals surface area contributed by atoms with Crippen LogP contribution >= 0.6 is 0 Å². The van der Waals surface area contributed by atoms with Gasteiger partial charge in [-0.15, -0.1) is 0 Å². The van der Waals surface area contributed by atoms with E-state index in [1.165, 1.54) is 0 Å². The zero-order chi connectivity index (χ0) is 16.5. The summed E-state index contributed by atoms with van der Waals surface area (Å²) in [6, 6.07) is 0. The van der Waals surface area contributed by atoms with Crippen LogP contribution in [0.3, 0.4) is 0 Å². The van der Waals surface area contributed by atoms with Gasteiger partial charge in [0.1, 0.15) is 0 Å². The van der Waals surface area contributed by atoms with E-state index in [1.54, 1.807) is 0 Å². The highest BCUT2D eigenvalue weighted by Gasteiger charge is 2.53. The molecule has 1 N–H and O–H groups in total. The lowest BCUT2D eigenvalue weighted by molar-refractivity contribution is -0.0667. The molecule has 5 heteroatoms. The van der Waals surface area contributed by atoms with Crippen molar-refractivity contribution >= 4 is 16.8 Å². The van der Waals surface area contributed by atoms with Gasteiger partial charge in [-0.1, -0.05) is 13.8 Å². The fourth-order valence-electron chi connectivity index (χ4n) is 2.34. The lowest BCUT2D eigenvalue weighted by atomic mass is 9.65. The molecule has 0 saturated carbocycles. The Morgan fingerprint density at radius 1 is 1.29 bits per heavy atom. The van der Waals surface area contributed by atoms with Crippen molar-refractivity contribution in [2.75, 3.05) is 25.4 Å². The van der Waals surface area contributed by atoms with Gasteiger partial charge in [0.25, 0.3) is 0 Å². The van der Waals surface area contributed by atoms with Crippen LogP contribution in [-0.2, 0) is 10.8 Å². The second-order valence-corrected chi connectivity index (χ2v) is 10.3. The Bertz CT molecular complexity index is 422. The molecule has 0 bridgehead atoms. The SMILES string of the molecule is CCNC(=NCCS(=O)C(C)(C)C)N1CC(C)(C)C1(C)C. The minimum atomic E-state index is -0.843. The van der Waals surface area contributed by atoms with Gasteiger partial charge in [-0.2, -0.15) is 0 Å². The molecule has 4 nitrogen and oxygen atoms in total. The monoisotopic (exact) mass is 315 g/mol. The first-order valence-corrected chi connectivity index (χ1v) is 9.20. The maximum atomic E-state index is 12.1. The van der Waals surface area contributed by atoms with Gasteiger partial charge in [0.2, 0.25) is 0 Å². The molecule has 1 unspecified atom stereocenters. The minimum absolute atomic E-state index is 0.0944. The predicted molar refractivity (Wildman–Crippen MR) is 93.3 cm³/mol. The molecule has 0 aliphatic carbocycles. The largest absolute Gasteiger partial charge is 0.356 e. The van der Waals surface area contributed by atoms with E-state index in [1.807, 2.05) is 20.8 Å². The normalized spacial score (nSPS) is 22.7. The lowest BCUT2D eigenvalue weighted by Crippen LogP contribution is -2.72. The van der Waals surface area contributed by atoms with Gasteiger partial charge in [-0.3, -0.25) is 9.20 Å². The third-order valence-corrected chi connectivity index (χ3v) is 6.62. The molecule has 1 heterocycles. The second kappa shape index (κ2) is 6.27. The van der Waals surface area contributed by atoms with Crippen LogP contribution in [0.25, 0.3) is 0 Å². The van der Waals surface area contributed by atoms with Crippen molar-refractivity contribution in [1.29, 1.82) is 0 Å². The molecule has 1 saturated heterocycles. The zero-order valence-corrected chi connectivity index (χ0v) is 15.9. The number of nitrogens with zero attached hydrogens (tertiary/aromatic N) is 2. The van der Waals surface area contributed by atoms with Crippen molar-refractivity contribution in [1.82, 2.24) is 10.2 Å². The molecule has 124 valence electrons. The number of hydrogen-bond acceptors (Lipinski definition) is 2. The Morgan fingerprint density at radius 2 is 1.86 bits per heavy atom. The highest BCUT2D eigenvalue weighted by Crippen LogP contribution is 2.46. The van der Waals surface area contributed by atoms with E-state index >= 15 is 0 Å². The first kappa shape index (κ1) is 18.5. The summed E-state index contributed by atoms with van der Waals surface area (Å²) in [7, 11) is -0.843. The molecule has 21 heavy (non-hydrogen) atoms. The summed E-state index contributed by atoms with van der Waals surface area (Å²) < 4.78 is 11.9. The average molecular weight is 316 g/mol. The van der Waals surface area contributed by atoms with Crippen LogP contribution in [0.4, 0.5) is 0 Å². The molecule has 0 amide bonds. The smallest absolute Gasteiger partial charge is 0.194 e. The number of nitrogens with one attached hydrogen (secondary N) is 1. The molecule has 0 aromatic carbocycles. The average Bonchev–Trinajstić information content (AvgIpc) is 2.33. The molecular weight excluding hydrogens is 282 g/mol. The maximum Gasteiger partial charge on any atom is 0.194 e. The maximum absolute atomic E-state index is 12.1. The molecular formula is C16H33N3OS. The molecule has 1 fully saturated rings. The van der Waals surface area contributed by atoms with Crippen LogP contribution < -0.4 is 5.32 Å². The Morgan fingerprint density at radius 3 is 2.24 bits per heavy atom. The second-order valence-electron chi connectivity index (χ2n) is 7.93. The molecule has 1 aliphatic rings. The van der Waals surface area contributed by atoms with Gasteiger partial charge < -0.3 is 10.2 Å². The minimum Gasteiger partial charge on any atom is -0.356 e. The third-order valence-electron chi connectivity index (χ3n) is 4.70. The molecule has 1 atom stereocenters. The summed E-state index contributed by atoms with van der Waals surface area (Å²) in [4.78, 5) is 7.02. The summed E-state index contributed by atoms with van der Waals surface area (Å²) in [5.41, 5.74) is 0.384. The van der Waals surface area contributed by atoms with Crippen LogP contribution in [0.15, 0.2) is 4.99 Å². The van der Waals surface area contributed by atoms with E-state index in [0.717, 1.165) is 19.0 Å². The van der Waals surface area contributed by atoms with Gasteiger partial charge in [0, 0.05) is 45.3 Å². The first-order chi connectivity index (χ1) is 9.43. The van der Waals surface area contributed by atoms with E-state index in [2.05, 4.69) is 49.8 Å². The number of likely N-dealkylation sites (tertiary alicyclic amines) is 1. The Hall–Kier alpha value is -0.580. The number of guanidine groups is 1. The number of rotatable bonds is 4. The Kier molecular flexibility index (Phi) is 5.51. The van der Waals surface area contributed by atoms with E-state index in [9.17, 15) is 4.21 Å². The number of hydrogen-bond donors (Lipinski definition) is 1. The third kappa shape index (κ3) is 3.99. The van der Waals surface area contributed by atoms with E-state index in [4.69, 9.17) is 0 Å². The molecule has 0 aromatic rings. The fraction of sp³-hybridized carbons (Fsp3) is 0.938. The summed E-state index contributed by atoms with van der Waals surface area (Å²) in [5, 5.41) is 3.37. The standard InChI is InChI=1S/C16H33N3OS/c1-9-17-13(18-10-11-21(20)14(2,3)4)19-12-15(5,6)16(19,7)8/h9-12H2,1-8H3,(H,17,18). The highest BCUT2D eigenvalue weighted by molar-refractivity contribution is 7.86. The van der Waals surface area contributed by atoms with Crippen LogP contribution in [0, 0.1) is 5.41 Å². The van der Waals surface area contributed by atoms with E-state index in [0.29, 0.717) is 12.3 Å². The van der Waals surface area contributed by atoms with Crippen LogP contribution in [0.1, 0.15) is 55.4 Å². The summed E-state index contributed by atoms with van der Waals surface area (Å²) >= 11 is 0. The Balaban J connectivity index is 2.71. The van der Waals surface area contributed by atoms with Crippen LogP contribution in [-0.4, -0.2) is 50.7 Å². The fourth-order valence-corrected chi connectivity index (χ4v) is 3.21. The lowest BCUT2D eigenvalue weighted by Gasteiger charge is -2.62. The Labute approximate surface area is 133 Å². The van der Waals surface area contributed by atoms with Crippen molar-refractivity contribution in [3.63, 3.8) is 0 Å². The topological polar surface area (TPSA) is 44.7 Å². The van der Waals surface area contributed by atoms with Crippen molar-refractivity contribution < 1.29 is 4.21 Å². The van der Waals surface area contributed by atoms with Crippen molar-refractivity contribution in [3.8, 4) is 0 Å². The molecule has 0 radical (unpaired) electrons. The predicted octanol–water partition coefficient (Wildman–Crippen LogP) is 2.62. The first-order valence-electron chi connectivity index (χ1n) is 7.88. The highest BCUT2D eigenvalue weighted by atomic mass is 32.2. The van der Waals surface area contributed by atoms with Gasteiger partial charge in [0.05, 0.1) is 6.54 Å². The van der Waals surface area contributed by atoms with Crippen molar-refractivity contribution in [2.45, 2.75) is 65.7 Å². The van der Waals surface area contributed by atoms with Gasteiger partial charge in [0.15, 0.2) is 5.96 Å². The zero-order valence-electron chi connectivity index (χ0n) is 15.0. The number of aliphatic imine (C=N–C) groups is 1. The molecule has 0 spiro atoms. The summed E-state index contributed by atoms with van der Waals surface area (Å²) in [6.07, 6.45) is 0. The van der Waals surface area contributed by atoms with Crippen molar-refractivity contribution in [2.24, 2.45) is 10.4 Å². The van der Waals surface area contributed by atoms with Crippen LogP contribution in [0.2, 0.25) is 0 Å². The van der Waals surface area contributed by atoms with Crippen molar-refractivity contribution in [3.05, 3.63) is 0 Å². The molecule has 1 rings (SSSR count). The molecule has 0 aromatic heterocycles.